The third kappa shape index (κ3) is 7.18. The molecule has 0 aliphatic carbocycles. The lowest BCUT2D eigenvalue weighted by Gasteiger charge is -2.11. The van der Waals surface area contributed by atoms with Gasteiger partial charge in [0.2, 0.25) is 5.91 Å². The first-order valence-electron chi connectivity index (χ1n) is 6.45. The molecule has 104 valence electrons. The molecule has 0 saturated carbocycles. The molecule has 1 atom stereocenters. The molecule has 0 bridgehead atoms. The van der Waals surface area contributed by atoms with Gasteiger partial charge in [0.1, 0.15) is 0 Å². The molecule has 1 amide bonds. The van der Waals surface area contributed by atoms with Gasteiger partial charge in [0, 0.05) is 31.8 Å². The molecule has 1 unspecified atom stereocenters. The van der Waals surface area contributed by atoms with E-state index >= 15 is 0 Å². The third-order valence-corrected chi connectivity index (χ3v) is 2.86. The zero-order valence-electron chi connectivity index (χ0n) is 11.1. The molecular formula is C14H20N2O3. The summed E-state index contributed by atoms with van der Waals surface area (Å²) < 4.78 is 0. The highest BCUT2D eigenvalue weighted by Crippen LogP contribution is 2.04. The number of nitrogens with one attached hydrogen (secondary N) is 1. The second-order valence-electron chi connectivity index (χ2n) is 4.70. The van der Waals surface area contributed by atoms with Gasteiger partial charge >= 0.3 is 5.97 Å². The van der Waals surface area contributed by atoms with Crippen molar-refractivity contribution in [1.82, 2.24) is 10.3 Å². The molecule has 5 nitrogen and oxygen atoms in total. The van der Waals surface area contributed by atoms with Crippen LogP contribution in [-0.2, 0) is 16.0 Å². The summed E-state index contributed by atoms with van der Waals surface area (Å²) in [6, 6.07) is 3.79. The van der Waals surface area contributed by atoms with Crippen molar-refractivity contribution < 1.29 is 14.7 Å². The summed E-state index contributed by atoms with van der Waals surface area (Å²) in [5.74, 6) is -0.626. The van der Waals surface area contributed by atoms with Crippen molar-refractivity contribution in [3.8, 4) is 0 Å². The first-order valence-corrected chi connectivity index (χ1v) is 6.45. The number of nitrogens with zero attached hydrogens (tertiary/aromatic N) is 1. The minimum absolute atomic E-state index is 0.00831. The lowest BCUT2D eigenvalue weighted by Crippen LogP contribution is -2.28. The summed E-state index contributed by atoms with van der Waals surface area (Å²) >= 11 is 0. The topological polar surface area (TPSA) is 79.3 Å². The molecule has 0 saturated heterocycles. The van der Waals surface area contributed by atoms with Crippen molar-refractivity contribution in [2.45, 2.75) is 32.6 Å². The van der Waals surface area contributed by atoms with E-state index in [2.05, 4.69) is 10.3 Å². The Kier molecular flexibility index (Phi) is 6.57. The van der Waals surface area contributed by atoms with Crippen molar-refractivity contribution in [1.29, 1.82) is 0 Å². The van der Waals surface area contributed by atoms with E-state index < -0.39 is 5.97 Å². The van der Waals surface area contributed by atoms with Crippen LogP contribution in [0.5, 0.6) is 0 Å². The fourth-order valence-corrected chi connectivity index (χ4v) is 1.65. The summed E-state index contributed by atoms with van der Waals surface area (Å²) in [7, 11) is 0. The fourth-order valence-electron chi connectivity index (χ4n) is 1.65. The van der Waals surface area contributed by atoms with Crippen molar-refractivity contribution in [2.75, 3.05) is 6.54 Å². The zero-order valence-corrected chi connectivity index (χ0v) is 11.1. The van der Waals surface area contributed by atoms with E-state index in [9.17, 15) is 9.59 Å². The molecule has 1 aromatic rings. The largest absolute Gasteiger partial charge is 0.481 e. The van der Waals surface area contributed by atoms with Crippen LogP contribution in [0.25, 0.3) is 0 Å². The van der Waals surface area contributed by atoms with Gasteiger partial charge in [-0.2, -0.15) is 0 Å². The summed E-state index contributed by atoms with van der Waals surface area (Å²) in [4.78, 5) is 26.0. The molecule has 1 aromatic heterocycles. The Morgan fingerprint density at radius 3 is 2.84 bits per heavy atom. The normalized spacial score (nSPS) is 11.8. The number of aromatic nitrogens is 1. The Balaban J connectivity index is 2.16. The molecule has 0 fully saturated rings. The Bertz CT molecular complexity index is 406. The van der Waals surface area contributed by atoms with Crippen LogP contribution in [0.2, 0.25) is 0 Å². The van der Waals surface area contributed by atoms with Gasteiger partial charge in [-0.3, -0.25) is 14.6 Å². The molecule has 0 radical (unpaired) electrons. The summed E-state index contributed by atoms with van der Waals surface area (Å²) in [5.41, 5.74) is 1.04. The molecule has 1 rings (SSSR count). The van der Waals surface area contributed by atoms with E-state index in [1.165, 1.54) is 0 Å². The van der Waals surface area contributed by atoms with Gasteiger partial charge in [-0.1, -0.05) is 13.0 Å². The van der Waals surface area contributed by atoms with E-state index in [-0.39, 0.29) is 18.2 Å². The van der Waals surface area contributed by atoms with Crippen LogP contribution in [0.15, 0.2) is 24.5 Å². The van der Waals surface area contributed by atoms with Gasteiger partial charge in [-0.25, -0.2) is 0 Å². The highest BCUT2D eigenvalue weighted by molar-refractivity contribution is 5.76. The number of hydrogen-bond donors (Lipinski definition) is 2. The van der Waals surface area contributed by atoms with Crippen LogP contribution < -0.4 is 5.32 Å². The molecule has 0 aromatic carbocycles. The maximum Gasteiger partial charge on any atom is 0.303 e. The number of aliphatic carboxylic acids is 1. The molecule has 1 heterocycles. The number of amides is 1. The molecule has 5 heteroatoms. The second-order valence-corrected chi connectivity index (χ2v) is 4.70. The minimum Gasteiger partial charge on any atom is -0.481 e. The third-order valence-electron chi connectivity index (χ3n) is 2.86. The Morgan fingerprint density at radius 1 is 1.42 bits per heavy atom. The van der Waals surface area contributed by atoms with Crippen LogP contribution >= 0.6 is 0 Å². The molecule has 2 N–H and O–H groups in total. The van der Waals surface area contributed by atoms with Gasteiger partial charge in [-0.05, 0) is 30.4 Å². The summed E-state index contributed by atoms with van der Waals surface area (Å²) in [5, 5.41) is 11.4. The lowest BCUT2D eigenvalue weighted by molar-refractivity contribution is -0.137. The number of carbonyl (C=O) groups excluding carboxylic acids is 1. The molecule has 0 aliphatic rings. The van der Waals surface area contributed by atoms with Gasteiger partial charge < -0.3 is 10.4 Å². The van der Waals surface area contributed by atoms with E-state index in [0.717, 1.165) is 5.56 Å². The number of aryl methyl sites for hydroxylation is 1. The van der Waals surface area contributed by atoms with Crippen LogP contribution in [0, 0.1) is 5.92 Å². The maximum atomic E-state index is 11.6. The van der Waals surface area contributed by atoms with Crippen LogP contribution in [0.3, 0.4) is 0 Å². The summed E-state index contributed by atoms with van der Waals surface area (Å²) in [6.45, 7) is 2.46. The van der Waals surface area contributed by atoms with Crippen molar-refractivity contribution >= 4 is 11.9 Å². The van der Waals surface area contributed by atoms with Crippen LogP contribution in [-0.4, -0.2) is 28.5 Å². The van der Waals surface area contributed by atoms with Gasteiger partial charge in [0.05, 0.1) is 0 Å². The fraction of sp³-hybridized carbons (Fsp3) is 0.500. The predicted octanol–water partition coefficient (Wildman–Crippen LogP) is 1.63. The second kappa shape index (κ2) is 8.24. The SMILES string of the molecule is CC(CCC(=O)O)CNC(=O)CCc1cccnc1. The first kappa shape index (κ1) is 15.1. The number of hydrogen-bond acceptors (Lipinski definition) is 3. The van der Waals surface area contributed by atoms with Gasteiger partial charge in [0.25, 0.3) is 0 Å². The van der Waals surface area contributed by atoms with Gasteiger partial charge in [0.15, 0.2) is 0 Å². The van der Waals surface area contributed by atoms with Crippen molar-refractivity contribution in [3.63, 3.8) is 0 Å². The highest BCUT2D eigenvalue weighted by Gasteiger charge is 2.08. The predicted molar refractivity (Wildman–Crippen MR) is 71.6 cm³/mol. The lowest BCUT2D eigenvalue weighted by atomic mass is 10.1. The zero-order chi connectivity index (χ0) is 14.1. The van der Waals surface area contributed by atoms with E-state index in [0.29, 0.717) is 25.8 Å². The number of carbonyl (C=O) groups is 2. The van der Waals surface area contributed by atoms with E-state index in [1.54, 1.807) is 12.4 Å². The number of pyridine rings is 1. The monoisotopic (exact) mass is 264 g/mol. The molecular weight excluding hydrogens is 244 g/mol. The average Bonchev–Trinajstić information content (AvgIpc) is 2.41. The Labute approximate surface area is 113 Å². The summed E-state index contributed by atoms with van der Waals surface area (Å²) in [6.07, 6.45) is 5.28. The molecule has 0 aliphatic heterocycles. The van der Waals surface area contributed by atoms with Crippen molar-refractivity contribution in [3.05, 3.63) is 30.1 Å². The Morgan fingerprint density at radius 2 is 2.21 bits per heavy atom. The minimum atomic E-state index is -0.797. The van der Waals surface area contributed by atoms with Crippen LogP contribution in [0.1, 0.15) is 31.7 Å². The molecule has 0 spiro atoms. The Hall–Kier alpha value is -1.91. The first-order chi connectivity index (χ1) is 9.08. The standard InChI is InChI=1S/C14H20N2O3/c1-11(4-7-14(18)19)9-16-13(17)6-5-12-3-2-8-15-10-12/h2-3,8,10-11H,4-7,9H2,1H3,(H,16,17)(H,18,19). The van der Waals surface area contributed by atoms with E-state index in [1.807, 2.05) is 19.1 Å². The highest BCUT2D eigenvalue weighted by atomic mass is 16.4. The smallest absolute Gasteiger partial charge is 0.303 e. The van der Waals surface area contributed by atoms with Gasteiger partial charge in [-0.15, -0.1) is 0 Å². The number of rotatable bonds is 8. The van der Waals surface area contributed by atoms with Crippen molar-refractivity contribution in [2.24, 2.45) is 5.92 Å². The molecule has 19 heavy (non-hydrogen) atoms. The van der Waals surface area contributed by atoms with Crippen LogP contribution in [0.4, 0.5) is 0 Å². The number of carboxylic acids is 1. The number of carboxylic acid groups (broad SMARTS) is 1. The maximum absolute atomic E-state index is 11.6. The quantitative estimate of drug-likeness (QED) is 0.748. The van der Waals surface area contributed by atoms with E-state index in [4.69, 9.17) is 5.11 Å². The average molecular weight is 264 g/mol.